The van der Waals surface area contributed by atoms with Crippen molar-refractivity contribution in [2.75, 3.05) is 0 Å². The summed E-state index contributed by atoms with van der Waals surface area (Å²) in [5.74, 6) is 0. The predicted molar refractivity (Wildman–Crippen MR) is 30.7 cm³/mol. The highest BCUT2D eigenvalue weighted by molar-refractivity contribution is 6.69. The Labute approximate surface area is 55.7 Å². The van der Waals surface area contributed by atoms with Crippen LogP contribution in [0.15, 0.2) is 22.0 Å². The Bertz CT molecular complexity index is 206. The lowest BCUT2D eigenvalue weighted by molar-refractivity contribution is 0.320. The van der Waals surface area contributed by atoms with Gasteiger partial charge >= 0.3 is 0 Å². The van der Waals surface area contributed by atoms with Gasteiger partial charge in [-0.3, -0.25) is 0 Å². The molecule has 0 unspecified atom stereocenters. The Kier molecular flexibility index (Phi) is 1.69. The van der Waals surface area contributed by atoms with Crippen LogP contribution in [0.1, 0.15) is 5.69 Å². The van der Waals surface area contributed by atoms with Crippen molar-refractivity contribution in [3.63, 3.8) is 0 Å². The molecule has 1 N–H and O–H groups in total. The molecule has 0 fully saturated rings. The monoisotopic (exact) mass is 146 g/mol. The van der Waals surface area contributed by atoms with Crippen molar-refractivity contribution in [3.05, 3.63) is 18.0 Å². The lowest BCUT2D eigenvalue weighted by atomic mass is 10.5. The van der Waals surface area contributed by atoms with E-state index in [-0.39, 0.29) is 5.17 Å². The molecule has 0 bridgehead atoms. The van der Waals surface area contributed by atoms with Crippen molar-refractivity contribution >= 4 is 16.8 Å². The molecule has 5 heteroatoms. The Morgan fingerprint density at radius 2 is 2.67 bits per heavy atom. The minimum absolute atomic E-state index is 0.0799. The smallest absolute Gasteiger partial charge is 0.197 e. The van der Waals surface area contributed by atoms with Crippen molar-refractivity contribution in [1.82, 2.24) is 5.16 Å². The molecule has 1 heterocycles. The molecule has 0 aromatic carbocycles. The summed E-state index contributed by atoms with van der Waals surface area (Å²) in [6.45, 7) is 0. The molecule has 1 aromatic rings. The van der Waals surface area contributed by atoms with Crippen LogP contribution in [-0.2, 0) is 0 Å². The van der Waals surface area contributed by atoms with Crippen LogP contribution in [0.25, 0.3) is 0 Å². The molecule has 0 aliphatic heterocycles. The van der Waals surface area contributed by atoms with Gasteiger partial charge in [-0.05, 0) is 0 Å². The Morgan fingerprint density at radius 3 is 3.11 bits per heavy atom. The first-order chi connectivity index (χ1) is 4.34. The molecule has 0 amide bonds. The Hall–Kier alpha value is -1.03. The molecule has 0 aliphatic rings. The van der Waals surface area contributed by atoms with Gasteiger partial charge in [-0.1, -0.05) is 21.9 Å². The van der Waals surface area contributed by atoms with Gasteiger partial charge < -0.3 is 9.73 Å². The van der Waals surface area contributed by atoms with Crippen LogP contribution in [0, 0.1) is 0 Å². The molecule has 4 nitrogen and oxygen atoms in total. The molecule has 0 spiro atoms. The van der Waals surface area contributed by atoms with Gasteiger partial charge in [0.15, 0.2) is 5.17 Å². The van der Waals surface area contributed by atoms with E-state index >= 15 is 0 Å². The maximum Gasteiger partial charge on any atom is 0.197 e. The third-order valence-corrected chi connectivity index (χ3v) is 1.01. The van der Waals surface area contributed by atoms with Gasteiger partial charge in [0.05, 0.1) is 0 Å². The fourth-order valence-corrected chi connectivity index (χ4v) is 0.468. The van der Waals surface area contributed by atoms with E-state index in [1.165, 1.54) is 12.3 Å². The number of hydrogen-bond donors (Lipinski definition) is 1. The van der Waals surface area contributed by atoms with Gasteiger partial charge in [0, 0.05) is 6.07 Å². The van der Waals surface area contributed by atoms with Crippen LogP contribution in [0.4, 0.5) is 0 Å². The van der Waals surface area contributed by atoms with Crippen LogP contribution < -0.4 is 0 Å². The number of halogens is 1. The van der Waals surface area contributed by atoms with Crippen LogP contribution in [0.3, 0.4) is 0 Å². The summed E-state index contributed by atoms with van der Waals surface area (Å²) in [5.41, 5.74) is 0.319. The van der Waals surface area contributed by atoms with Crippen LogP contribution in [-0.4, -0.2) is 15.5 Å². The highest BCUT2D eigenvalue weighted by atomic mass is 35.5. The molecule has 0 atom stereocenters. The number of rotatable bonds is 1. The zero-order valence-corrected chi connectivity index (χ0v) is 5.04. The molecule has 9 heavy (non-hydrogen) atoms. The quantitative estimate of drug-likeness (QED) is 0.366. The zero-order valence-electron chi connectivity index (χ0n) is 4.28. The summed E-state index contributed by atoms with van der Waals surface area (Å²) < 4.78 is 4.41. The van der Waals surface area contributed by atoms with Crippen LogP contribution in [0.5, 0.6) is 0 Å². The third-order valence-electron chi connectivity index (χ3n) is 0.737. The first-order valence-electron chi connectivity index (χ1n) is 2.13. The SMILES string of the molecule is ON=C(Cl)c1ccon1. The first kappa shape index (κ1) is 6.10. The first-order valence-corrected chi connectivity index (χ1v) is 2.50. The summed E-state index contributed by atoms with van der Waals surface area (Å²) in [5, 5.41) is 14.1. The van der Waals surface area contributed by atoms with E-state index < -0.39 is 0 Å². The van der Waals surface area contributed by atoms with Gasteiger partial charge in [-0.2, -0.15) is 0 Å². The number of oxime groups is 1. The second-order valence-electron chi connectivity index (χ2n) is 1.28. The van der Waals surface area contributed by atoms with E-state index in [1.54, 1.807) is 0 Å². The van der Waals surface area contributed by atoms with E-state index in [9.17, 15) is 0 Å². The van der Waals surface area contributed by atoms with Crippen LogP contribution >= 0.6 is 11.6 Å². The predicted octanol–water partition coefficient (Wildman–Crippen LogP) is 1.05. The van der Waals surface area contributed by atoms with Crippen molar-refractivity contribution in [2.45, 2.75) is 0 Å². The zero-order chi connectivity index (χ0) is 6.69. The fourth-order valence-electron chi connectivity index (χ4n) is 0.370. The van der Waals surface area contributed by atoms with Gasteiger partial charge in [-0.25, -0.2) is 0 Å². The van der Waals surface area contributed by atoms with Crippen molar-refractivity contribution in [1.29, 1.82) is 0 Å². The van der Waals surface area contributed by atoms with E-state index in [1.807, 2.05) is 0 Å². The maximum absolute atomic E-state index is 8.08. The second kappa shape index (κ2) is 2.50. The summed E-state index contributed by atoms with van der Waals surface area (Å²) in [4.78, 5) is 0. The standard InChI is InChI=1S/C4H3ClN2O2/c5-4(6-8)3-1-2-9-7-3/h1-2,8H. The largest absolute Gasteiger partial charge is 0.410 e. The Balaban J connectivity index is 2.90. The van der Waals surface area contributed by atoms with Gasteiger partial charge in [0.1, 0.15) is 12.0 Å². The molecule has 0 saturated carbocycles. The summed E-state index contributed by atoms with van der Waals surface area (Å²) in [6.07, 6.45) is 1.34. The lowest BCUT2D eigenvalue weighted by Gasteiger charge is -1.81. The molecule has 0 saturated heterocycles. The molecule has 48 valence electrons. The summed E-state index contributed by atoms with van der Waals surface area (Å²) in [6, 6.07) is 1.49. The minimum atomic E-state index is -0.0799. The number of nitrogens with zero attached hydrogens (tertiary/aromatic N) is 2. The molecular formula is C4H3ClN2O2. The number of aromatic nitrogens is 1. The molecule has 0 radical (unpaired) electrons. The maximum atomic E-state index is 8.08. The molecule has 0 aliphatic carbocycles. The number of hydrogen-bond acceptors (Lipinski definition) is 4. The lowest BCUT2D eigenvalue weighted by Crippen LogP contribution is -1.88. The van der Waals surface area contributed by atoms with Crippen molar-refractivity contribution in [2.24, 2.45) is 5.16 Å². The van der Waals surface area contributed by atoms with E-state index in [4.69, 9.17) is 16.8 Å². The molecule has 1 rings (SSSR count). The van der Waals surface area contributed by atoms with Crippen molar-refractivity contribution in [3.8, 4) is 0 Å². The fraction of sp³-hybridized carbons (Fsp3) is 0. The highest BCUT2D eigenvalue weighted by Crippen LogP contribution is 1.99. The van der Waals surface area contributed by atoms with Crippen molar-refractivity contribution < 1.29 is 9.73 Å². The van der Waals surface area contributed by atoms with Gasteiger partial charge in [0.2, 0.25) is 0 Å². The second-order valence-corrected chi connectivity index (χ2v) is 1.63. The normalized spacial score (nSPS) is 11.9. The van der Waals surface area contributed by atoms with Gasteiger partial charge in [-0.15, -0.1) is 0 Å². The topological polar surface area (TPSA) is 58.6 Å². The third kappa shape index (κ3) is 1.20. The average Bonchev–Trinajstić information content (AvgIpc) is 2.37. The molecular weight excluding hydrogens is 144 g/mol. The summed E-state index contributed by atoms with van der Waals surface area (Å²) in [7, 11) is 0. The average molecular weight is 147 g/mol. The molecule has 1 aromatic heterocycles. The minimum Gasteiger partial charge on any atom is -0.410 e. The van der Waals surface area contributed by atoms with Crippen LogP contribution in [0.2, 0.25) is 0 Å². The van der Waals surface area contributed by atoms with Gasteiger partial charge in [0.25, 0.3) is 0 Å². The highest BCUT2D eigenvalue weighted by Gasteiger charge is 2.01. The Morgan fingerprint density at radius 1 is 1.89 bits per heavy atom. The van der Waals surface area contributed by atoms with E-state index in [0.29, 0.717) is 5.69 Å². The van der Waals surface area contributed by atoms with E-state index in [0.717, 1.165) is 0 Å². The summed E-state index contributed by atoms with van der Waals surface area (Å²) >= 11 is 5.31. The van der Waals surface area contributed by atoms with E-state index in [2.05, 4.69) is 14.8 Å².